The van der Waals surface area contributed by atoms with E-state index >= 15 is 0 Å². The molecule has 94 valence electrons. The van der Waals surface area contributed by atoms with E-state index < -0.39 is 7.26 Å². The summed E-state index contributed by atoms with van der Waals surface area (Å²) >= 11 is 0. The topological polar surface area (TPSA) is 0 Å². The van der Waals surface area contributed by atoms with Crippen LogP contribution in [0.1, 0.15) is 66.2 Å². The van der Waals surface area contributed by atoms with Gasteiger partial charge in [0.15, 0.2) is 0 Å². The molecular weight excluding hydrogens is 199 g/mol. The SMILES string of the molecule is CCCCCC[PH](CC)(CCC)CCC. The Morgan fingerprint density at radius 1 is 0.600 bits per heavy atom. The van der Waals surface area contributed by atoms with Gasteiger partial charge < -0.3 is 0 Å². The van der Waals surface area contributed by atoms with E-state index in [4.69, 9.17) is 0 Å². The second-order valence-corrected chi connectivity index (χ2v) is 10.4. The zero-order valence-electron chi connectivity index (χ0n) is 11.6. The Morgan fingerprint density at radius 3 is 1.60 bits per heavy atom. The third-order valence-electron chi connectivity index (χ3n) is 3.87. The Morgan fingerprint density at radius 2 is 1.20 bits per heavy atom. The van der Waals surface area contributed by atoms with Crippen LogP contribution < -0.4 is 0 Å². The Bertz CT molecular complexity index is 125. The first-order valence-corrected chi connectivity index (χ1v) is 10.1. The average Bonchev–Trinajstić information content (AvgIpc) is 2.25. The third-order valence-corrected chi connectivity index (χ3v) is 9.91. The van der Waals surface area contributed by atoms with Crippen LogP contribution in [-0.4, -0.2) is 24.6 Å². The second-order valence-electron chi connectivity index (χ2n) is 5.16. The Balaban J connectivity index is 3.96. The van der Waals surface area contributed by atoms with E-state index in [-0.39, 0.29) is 0 Å². The molecule has 0 aromatic rings. The fraction of sp³-hybridized carbons (Fsp3) is 1.00. The maximum absolute atomic E-state index is 2.46. The Hall–Kier alpha value is 0.430. The van der Waals surface area contributed by atoms with E-state index in [1.54, 1.807) is 18.5 Å². The van der Waals surface area contributed by atoms with Crippen molar-refractivity contribution in [2.75, 3.05) is 24.6 Å². The van der Waals surface area contributed by atoms with Gasteiger partial charge in [-0.3, -0.25) is 0 Å². The first-order chi connectivity index (χ1) is 7.24. The fourth-order valence-electron chi connectivity index (χ4n) is 2.89. The van der Waals surface area contributed by atoms with Gasteiger partial charge in [-0.15, -0.1) is 0 Å². The molecule has 0 saturated carbocycles. The molecule has 0 atom stereocenters. The van der Waals surface area contributed by atoms with Gasteiger partial charge in [0.2, 0.25) is 0 Å². The molecule has 0 aliphatic heterocycles. The standard InChI is InChI=1S/C14H33P/c1-5-9-10-11-14-15(8-4,12-6-2)13-7-3/h15H,5-14H2,1-4H3. The van der Waals surface area contributed by atoms with Crippen molar-refractivity contribution in [3.05, 3.63) is 0 Å². The van der Waals surface area contributed by atoms with E-state index in [1.807, 2.05) is 0 Å². The van der Waals surface area contributed by atoms with Crippen LogP contribution in [0.3, 0.4) is 0 Å². The summed E-state index contributed by atoms with van der Waals surface area (Å²) < 4.78 is 0. The molecule has 0 bridgehead atoms. The molecule has 0 spiro atoms. The quantitative estimate of drug-likeness (QED) is 0.360. The fourth-order valence-corrected chi connectivity index (χ4v) is 7.82. The van der Waals surface area contributed by atoms with Crippen LogP contribution in [-0.2, 0) is 0 Å². The predicted molar refractivity (Wildman–Crippen MR) is 78.2 cm³/mol. The van der Waals surface area contributed by atoms with Gasteiger partial charge in [0.05, 0.1) is 0 Å². The van der Waals surface area contributed by atoms with Gasteiger partial charge in [-0.25, -0.2) is 0 Å². The molecule has 0 aromatic carbocycles. The minimum absolute atomic E-state index is 0.819. The van der Waals surface area contributed by atoms with Crippen LogP contribution in [0.15, 0.2) is 0 Å². The van der Waals surface area contributed by atoms with Gasteiger partial charge in [0.1, 0.15) is 0 Å². The number of hydrogen-bond donors (Lipinski definition) is 0. The molecule has 0 aromatic heterocycles. The Labute approximate surface area is 98.6 Å². The Kier molecular flexibility index (Phi) is 9.92. The molecule has 1 heteroatoms. The second kappa shape index (κ2) is 9.64. The summed E-state index contributed by atoms with van der Waals surface area (Å²) in [6, 6.07) is 0. The molecule has 0 aliphatic rings. The summed E-state index contributed by atoms with van der Waals surface area (Å²) in [6.45, 7) is 9.51. The molecule has 0 amide bonds. The molecule has 0 rings (SSSR count). The van der Waals surface area contributed by atoms with Crippen molar-refractivity contribution >= 4 is 7.26 Å². The van der Waals surface area contributed by atoms with Crippen LogP contribution in [0.25, 0.3) is 0 Å². The van der Waals surface area contributed by atoms with Crippen LogP contribution in [0.4, 0.5) is 0 Å². The maximum atomic E-state index is 2.46. The monoisotopic (exact) mass is 232 g/mol. The summed E-state index contributed by atoms with van der Waals surface area (Å²) in [5, 5.41) is 0. The average molecular weight is 232 g/mol. The van der Waals surface area contributed by atoms with E-state index in [1.165, 1.54) is 44.7 Å². The van der Waals surface area contributed by atoms with Crippen LogP contribution in [0, 0.1) is 0 Å². The van der Waals surface area contributed by atoms with Crippen molar-refractivity contribution in [3.8, 4) is 0 Å². The van der Waals surface area contributed by atoms with Crippen LogP contribution in [0.2, 0.25) is 0 Å². The van der Waals surface area contributed by atoms with Crippen molar-refractivity contribution in [1.82, 2.24) is 0 Å². The van der Waals surface area contributed by atoms with Crippen molar-refractivity contribution < 1.29 is 0 Å². The first-order valence-electron chi connectivity index (χ1n) is 7.24. The third kappa shape index (κ3) is 6.56. The van der Waals surface area contributed by atoms with Crippen molar-refractivity contribution in [1.29, 1.82) is 0 Å². The molecule has 0 heterocycles. The van der Waals surface area contributed by atoms with E-state index in [0.29, 0.717) is 0 Å². The van der Waals surface area contributed by atoms with E-state index in [2.05, 4.69) is 27.7 Å². The molecule has 0 saturated heterocycles. The van der Waals surface area contributed by atoms with Crippen molar-refractivity contribution in [2.24, 2.45) is 0 Å². The zero-order chi connectivity index (χ0) is 11.6. The molecule has 0 unspecified atom stereocenters. The summed E-state index contributed by atoms with van der Waals surface area (Å²) in [6.07, 6.45) is 15.0. The molecular formula is C14H33P. The van der Waals surface area contributed by atoms with Gasteiger partial charge in [0.25, 0.3) is 0 Å². The summed E-state index contributed by atoms with van der Waals surface area (Å²) in [5.41, 5.74) is 0. The summed E-state index contributed by atoms with van der Waals surface area (Å²) in [7, 11) is -0.819. The minimum atomic E-state index is -0.819. The van der Waals surface area contributed by atoms with Gasteiger partial charge in [-0.05, 0) is 0 Å². The van der Waals surface area contributed by atoms with Crippen LogP contribution in [0.5, 0.6) is 0 Å². The number of unbranched alkanes of at least 4 members (excludes halogenated alkanes) is 3. The summed E-state index contributed by atoms with van der Waals surface area (Å²) in [5.74, 6) is 0. The van der Waals surface area contributed by atoms with Gasteiger partial charge in [-0.2, -0.15) is 0 Å². The van der Waals surface area contributed by atoms with Crippen LogP contribution >= 0.6 is 7.26 Å². The first kappa shape index (κ1) is 15.4. The van der Waals surface area contributed by atoms with Gasteiger partial charge >= 0.3 is 98.1 Å². The molecule has 0 N–H and O–H groups in total. The number of hydrogen-bond acceptors (Lipinski definition) is 0. The molecule has 0 aliphatic carbocycles. The summed E-state index contributed by atoms with van der Waals surface area (Å²) in [4.78, 5) is 0. The van der Waals surface area contributed by atoms with E-state index in [9.17, 15) is 0 Å². The normalized spacial score (nSPS) is 13.1. The molecule has 15 heavy (non-hydrogen) atoms. The van der Waals surface area contributed by atoms with Crippen molar-refractivity contribution in [2.45, 2.75) is 66.2 Å². The van der Waals surface area contributed by atoms with Gasteiger partial charge in [-0.1, -0.05) is 0 Å². The molecule has 0 nitrogen and oxygen atoms in total. The molecule has 0 fully saturated rings. The van der Waals surface area contributed by atoms with Crippen molar-refractivity contribution in [3.63, 3.8) is 0 Å². The molecule has 0 radical (unpaired) electrons. The zero-order valence-corrected chi connectivity index (χ0v) is 12.6. The number of rotatable bonds is 10. The van der Waals surface area contributed by atoms with Gasteiger partial charge in [0, 0.05) is 0 Å². The predicted octanol–water partition coefficient (Wildman–Crippen LogP) is 5.16. The van der Waals surface area contributed by atoms with E-state index in [0.717, 1.165) is 0 Å².